The van der Waals surface area contributed by atoms with Crippen molar-refractivity contribution >= 4 is 11.6 Å². The van der Waals surface area contributed by atoms with Crippen molar-refractivity contribution in [2.24, 2.45) is 0 Å². The molecule has 0 aliphatic heterocycles. The quantitative estimate of drug-likeness (QED) is 0.623. The lowest BCUT2D eigenvalue weighted by atomic mass is 10.4. The largest absolute Gasteiger partial charge is 0.395 e. The van der Waals surface area contributed by atoms with Crippen LogP contribution in [-0.2, 0) is 0 Å². The molecule has 0 saturated heterocycles. The number of nitrogens with zero attached hydrogens (tertiary/aromatic N) is 2. The highest BCUT2D eigenvalue weighted by Crippen LogP contribution is 1.90. The third kappa shape index (κ3) is 14.2. The van der Waals surface area contributed by atoms with Gasteiger partial charge in [0.2, 0.25) is 0 Å². The molecule has 0 heterocycles. The van der Waals surface area contributed by atoms with E-state index >= 15 is 0 Å². The third-order valence-corrected chi connectivity index (χ3v) is 2.96. The molecule has 112 valence electrons. The van der Waals surface area contributed by atoms with E-state index in [1.165, 1.54) is 19.4 Å². The van der Waals surface area contributed by atoms with Gasteiger partial charge in [-0.2, -0.15) is 0 Å². The maximum Gasteiger partial charge on any atom is 0.0558 e. The van der Waals surface area contributed by atoms with E-state index in [4.69, 9.17) is 16.7 Å². The second-order valence-corrected chi connectivity index (χ2v) is 4.66. The molecule has 0 unspecified atom stereocenters. The molecule has 0 fully saturated rings. The van der Waals surface area contributed by atoms with Crippen LogP contribution in [-0.4, -0.2) is 66.7 Å². The highest BCUT2D eigenvalue weighted by molar-refractivity contribution is 6.18. The van der Waals surface area contributed by atoms with E-state index in [1.54, 1.807) is 0 Å². The lowest BCUT2D eigenvalue weighted by Crippen LogP contribution is -2.27. The maximum absolute atomic E-state index is 8.55. The fourth-order valence-corrected chi connectivity index (χ4v) is 1.99. The first kappa shape index (κ1) is 20.5. The van der Waals surface area contributed by atoms with Crippen LogP contribution < -0.4 is 0 Å². The summed E-state index contributed by atoms with van der Waals surface area (Å²) >= 11 is 5.57. The van der Waals surface area contributed by atoms with Crippen LogP contribution in [0.1, 0.15) is 40.5 Å². The number of halogens is 1. The molecule has 0 bridgehead atoms. The van der Waals surface area contributed by atoms with Gasteiger partial charge in [-0.05, 0) is 39.0 Å². The van der Waals surface area contributed by atoms with Gasteiger partial charge in [-0.3, -0.25) is 0 Å². The number of likely N-dealkylation sites (N-methyl/N-ethyl adjacent to an activating group) is 1. The van der Waals surface area contributed by atoms with Gasteiger partial charge in [0.25, 0.3) is 0 Å². The predicted octanol–water partition coefficient (Wildman–Crippen LogP) is 2.67. The van der Waals surface area contributed by atoms with Crippen molar-refractivity contribution in [1.82, 2.24) is 9.80 Å². The summed E-state index contributed by atoms with van der Waals surface area (Å²) in [4.78, 5) is 4.59. The van der Waals surface area contributed by atoms with Crippen molar-refractivity contribution in [3.63, 3.8) is 0 Å². The van der Waals surface area contributed by atoms with Gasteiger partial charge < -0.3 is 14.9 Å². The first-order chi connectivity index (χ1) is 8.69. The summed E-state index contributed by atoms with van der Waals surface area (Å²) in [6, 6.07) is 0. The Hall–Kier alpha value is 0.170. The number of hydrogen-bond donors (Lipinski definition) is 1. The van der Waals surface area contributed by atoms with E-state index in [9.17, 15) is 0 Å². The molecule has 4 heteroatoms. The zero-order valence-corrected chi connectivity index (χ0v) is 13.5. The van der Waals surface area contributed by atoms with Crippen molar-refractivity contribution in [2.75, 3.05) is 51.8 Å². The Balaban J connectivity index is 0. The summed E-state index contributed by atoms with van der Waals surface area (Å²) in [6.07, 6.45) is 2.40. The lowest BCUT2D eigenvalue weighted by Gasteiger charge is -2.17. The molecule has 0 aromatic rings. The average molecular weight is 281 g/mol. The molecule has 0 aromatic carbocycles. The highest BCUT2D eigenvalue weighted by atomic mass is 35.5. The van der Waals surface area contributed by atoms with Crippen LogP contribution >= 0.6 is 11.6 Å². The van der Waals surface area contributed by atoms with E-state index in [1.807, 2.05) is 0 Å². The first-order valence-electron chi connectivity index (χ1n) is 7.31. The Morgan fingerprint density at radius 2 is 1.22 bits per heavy atom. The Morgan fingerprint density at radius 1 is 0.778 bits per heavy atom. The molecule has 18 heavy (non-hydrogen) atoms. The van der Waals surface area contributed by atoms with Gasteiger partial charge in [-0.15, -0.1) is 11.6 Å². The first-order valence-corrected chi connectivity index (χ1v) is 7.84. The van der Waals surface area contributed by atoms with Gasteiger partial charge >= 0.3 is 0 Å². The zero-order valence-electron chi connectivity index (χ0n) is 12.8. The van der Waals surface area contributed by atoms with Crippen LogP contribution in [0.5, 0.6) is 0 Å². The summed E-state index contributed by atoms with van der Waals surface area (Å²) in [7, 11) is 0. The number of rotatable bonds is 10. The van der Waals surface area contributed by atoms with Crippen LogP contribution in [0.4, 0.5) is 0 Å². The smallest absolute Gasteiger partial charge is 0.0558 e. The topological polar surface area (TPSA) is 26.7 Å². The molecule has 0 spiro atoms. The maximum atomic E-state index is 8.55. The van der Waals surface area contributed by atoms with Crippen LogP contribution in [0.25, 0.3) is 0 Å². The number of aliphatic hydroxyl groups is 1. The van der Waals surface area contributed by atoms with E-state index < -0.39 is 0 Å². The highest BCUT2D eigenvalue weighted by Gasteiger charge is 1.97. The van der Waals surface area contributed by atoms with Crippen LogP contribution in [0.2, 0.25) is 0 Å². The SMILES string of the molecule is CCCN(CC)CCCl.CCCN(CC)CCO. The van der Waals surface area contributed by atoms with E-state index in [-0.39, 0.29) is 6.61 Å². The van der Waals surface area contributed by atoms with Crippen LogP contribution in [0, 0.1) is 0 Å². The van der Waals surface area contributed by atoms with Crippen molar-refractivity contribution in [3.05, 3.63) is 0 Å². The molecule has 0 saturated carbocycles. The van der Waals surface area contributed by atoms with E-state index in [0.29, 0.717) is 0 Å². The second kappa shape index (κ2) is 17.2. The zero-order chi connectivity index (χ0) is 14.2. The summed E-state index contributed by atoms with van der Waals surface area (Å²) in [6.45, 7) is 15.2. The molecule has 1 N–H and O–H groups in total. The Labute approximate surface area is 119 Å². The summed E-state index contributed by atoms with van der Waals surface area (Å²) in [5.74, 6) is 0.758. The van der Waals surface area contributed by atoms with Gasteiger partial charge in [0.15, 0.2) is 0 Å². The minimum Gasteiger partial charge on any atom is -0.395 e. The number of aliphatic hydroxyl groups excluding tert-OH is 1. The standard InChI is InChI=1S/C7H16ClN.C7H17NO/c1-3-6-9(4-2)7-5-8;1-3-5-8(4-2)6-7-9/h3-7H2,1-2H3;9H,3-7H2,1-2H3. The van der Waals surface area contributed by atoms with Crippen molar-refractivity contribution in [1.29, 1.82) is 0 Å². The van der Waals surface area contributed by atoms with E-state index in [0.717, 1.165) is 38.6 Å². The summed E-state index contributed by atoms with van der Waals surface area (Å²) in [5.41, 5.74) is 0. The van der Waals surface area contributed by atoms with Crippen LogP contribution in [0.15, 0.2) is 0 Å². The average Bonchev–Trinajstić information content (AvgIpc) is 2.39. The molecular weight excluding hydrogens is 248 g/mol. The predicted molar refractivity (Wildman–Crippen MR) is 82.6 cm³/mol. The van der Waals surface area contributed by atoms with Gasteiger partial charge in [-0.1, -0.05) is 27.7 Å². The van der Waals surface area contributed by atoms with Crippen molar-refractivity contribution < 1.29 is 5.11 Å². The monoisotopic (exact) mass is 280 g/mol. The summed E-state index contributed by atoms with van der Waals surface area (Å²) in [5, 5.41) is 8.55. The van der Waals surface area contributed by atoms with Gasteiger partial charge in [0, 0.05) is 19.0 Å². The van der Waals surface area contributed by atoms with Crippen molar-refractivity contribution in [3.8, 4) is 0 Å². The fraction of sp³-hybridized carbons (Fsp3) is 1.00. The van der Waals surface area contributed by atoms with Gasteiger partial charge in [0.05, 0.1) is 6.61 Å². The normalized spacial score (nSPS) is 10.7. The fourth-order valence-electron chi connectivity index (χ4n) is 1.75. The molecule has 0 atom stereocenters. The molecule has 0 radical (unpaired) electrons. The molecule has 3 nitrogen and oxygen atoms in total. The molecule has 0 rings (SSSR count). The minimum absolute atomic E-state index is 0.286. The van der Waals surface area contributed by atoms with Crippen molar-refractivity contribution in [2.45, 2.75) is 40.5 Å². The molecule has 0 aliphatic carbocycles. The van der Waals surface area contributed by atoms with E-state index in [2.05, 4.69) is 37.5 Å². The minimum atomic E-state index is 0.286. The molecular formula is C14H33ClN2O. The van der Waals surface area contributed by atoms with Crippen LogP contribution in [0.3, 0.4) is 0 Å². The third-order valence-electron chi connectivity index (χ3n) is 2.79. The number of alkyl halides is 1. The summed E-state index contributed by atoms with van der Waals surface area (Å²) < 4.78 is 0. The molecule has 0 aromatic heterocycles. The lowest BCUT2D eigenvalue weighted by molar-refractivity contribution is 0.202. The molecule has 0 aliphatic rings. The number of hydrogen-bond acceptors (Lipinski definition) is 3. The second-order valence-electron chi connectivity index (χ2n) is 4.28. The van der Waals surface area contributed by atoms with Gasteiger partial charge in [0.1, 0.15) is 0 Å². The molecule has 0 amide bonds. The van der Waals surface area contributed by atoms with Gasteiger partial charge in [-0.25, -0.2) is 0 Å². The Kier molecular flexibility index (Phi) is 19.5. The Morgan fingerprint density at radius 3 is 1.50 bits per heavy atom. The Bertz CT molecular complexity index is 120.